The molecule has 1 aliphatic carbocycles. The highest BCUT2D eigenvalue weighted by atomic mass is 16.2. The van der Waals surface area contributed by atoms with Crippen LogP contribution in [0.2, 0.25) is 0 Å². The second-order valence-corrected chi connectivity index (χ2v) is 3.95. The molecule has 0 bridgehead atoms. The quantitative estimate of drug-likeness (QED) is 0.640. The lowest BCUT2D eigenvalue weighted by molar-refractivity contribution is 0.202. The van der Waals surface area contributed by atoms with E-state index in [1.54, 1.807) is 0 Å². The van der Waals surface area contributed by atoms with Gasteiger partial charge in [-0.05, 0) is 31.1 Å². The van der Waals surface area contributed by atoms with Gasteiger partial charge in [0.15, 0.2) is 0 Å². The molecule has 0 saturated heterocycles. The van der Waals surface area contributed by atoms with Crippen molar-refractivity contribution in [2.45, 2.75) is 44.9 Å². The summed E-state index contributed by atoms with van der Waals surface area (Å²) in [5.74, 6) is 0. The van der Waals surface area contributed by atoms with Crippen LogP contribution >= 0.6 is 0 Å². The van der Waals surface area contributed by atoms with Gasteiger partial charge < -0.3 is 5.11 Å². The van der Waals surface area contributed by atoms with Gasteiger partial charge in [0.1, 0.15) is 0 Å². The summed E-state index contributed by atoms with van der Waals surface area (Å²) in [7, 11) is 0. The highest BCUT2D eigenvalue weighted by Crippen LogP contribution is 2.40. The Morgan fingerprint density at radius 3 is 2.42 bits per heavy atom. The molecule has 0 aromatic heterocycles. The van der Waals surface area contributed by atoms with E-state index in [0.717, 1.165) is 12.8 Å². The van der Waals surface area contributed by atoms with Gasteiger partial charge in [-0.2, -0.15) is 0 Å². The van der Waals surface area contributed by atoms with E-state index in [9.17, 15) is 0 Å². The summed E-state index contributed by atoms with van der Waals surface area (Å²) < 4.78 is 0. The van der Waals surface area contributed by atoms with E-state index < -0.39 is 0 Å². The van der Waals surface area contributed by atoms with Gasteiger partial charge in [0.2, 0.25) is 0 Å². The fourth-order valence-electron chi connectivity index (χ4n) is 2.24. The molecule has 0 heterocycles. The number of hydrogen-bond donors (Lipinski definition) is 1. The van der Waals surface area contributed by atoms with Crippen LogP contribution in [-0.4, -0.2) is 11.7 Å². The van der Waals surface area contributed by atoms with Gasteiger partial charge in [-0.1, -0.05) is 25.3 Å². The molecule has 0 aromatic carbocycles. The fourth-order valence-corrected chi connectivity index (χ4v) is 2.24. The first kappa shape index (κ1) is 9.79. The lowest BCUT2D eigenvalue weighted by Crippen LogP contribution is -2.21. The second kappa shape index (κ2) is 4.66. The summed E-state index contributed by atoms with van der Waals surface area (Å²) in [4.78, 5) is 0. The molecule has 0 spiro atoms. The molecule has 1 nitrogen and oxygen atoms in total. The molecule has 1 N–H and O–H groups in total. The molecule has 0 aliphatic heterocycles. The van der Waals surface area contributed by atoms with E-state index in [4.69, 9.17) is 5.11 Å². The maximum absolute atomic E-state index is 8.77. The molecular weight excluding hydrogens is 148 g/mol. The first-order valence-electron chi connectivity index (χ1n) is 5.07. The van der Waals surface area contributed by atoms with Gasteiger partial charge in [-0.15, -0.1) is 6.58 Å². The lowest BCUT2D eigenvalue weighted by atomic mass is 9.71. The van der Waals surface area contributed by atoms with E-state index in [1.165, 1.54) is 32.1 Å². The number of allylic oxidation sites excluding steroid dienone is 1. The molecule has 12 heavy (non-hydrogen) atoms. The highest BCUT2D eigenvalue weighted by molar-refractivity contribution is 4.96. The predicted octanol–water partition coefficient (Wildman–Crippen LogP) is 2.90. The average molecular weight is 168 g/mol. The minimum Gasteiger partial charge on any atom is -0.396 e. The van der Waals surface area contributed by atoms with Crippen LogP contribution in [0.25, 0.3) is 0 Å². The summed E-state index contributed by atoms with van der Waals surface area (Å²) in [5.41, 5.74) is 0.376. The minimum absolute atomic E-state index is 0.329. The normalized spacial score (nSPS) is 22.1. The zero-order valence-corrected chi connectivity index (χ0v) is 7.89. The molecule has 1 rings (SSSR count). The maximum atomic E-state index is 8.77. The lowest BCUT2D eigenvalue weighted by Gasteiger charge is -2.34. The predicted molar refractivity (Wildman–Crippen MR) is 52.0 cm³/mol. The van der Waals surface area contributed by atoms with Crippen molar-refractivity contribution in [1.82, 2.24) is 0 Å². The molecular formula is C11H20O. The van der Waals surface area contributed by atoms with E-state index in [1.807, 2.05) is 0 Å². The van der Waals surface area contributed by atoms with E-state index in [0.29, 0.717) is 12.0 Å². The van der Waals surface area contributed by atoms with Crippen LogP contribution in [0, 0.1) is 5.41 Å². The fraction of sp³-hybridized carbons (Fsp3) is 0.818. The Balaban J connectivity index is 2.42. The first-order chi connectivity index (χ1) is 5.83. The molecule has 0 radical (unpaired) electrons. The zero-order chi connectivity index (χ0) is 8.86. The molecule has 0 unspecified atom stereocenters. The molecule has 1 fully saturated rings. The molecule has 0 aromatic rings. The molecule has 1 saturated carbocycles. The largest absolute Gasteiger partial charge is 0.396 e. The van der Waals surface area contributed by atoms with E-state index >= 15 is 0 Å². The van der Waals surface area contributed by atoms with Gasteiger partial charge in [0.05, 0.1) is 0 Å². The van der Waals surface area contributed by atoms with Crippen molar-refractivity contribution >= 4 is 0 Å². The summed E-state index contributed by atoms with van der Waals surface area (Å²) >= 11 is 0. The van der Waals surface area contributed by atoms with Crippen molar-refractivity contribution in [2.75, 3.05) is 6.61 Å². The van der Waals surface area contributed by atoms with Crippen LogP contribution in [0.5, 0.6) is 0 Å². The monoisotopic (exact) mass is 168 g/mol. The summed E-state index contributed by atoms with van der Waals surface area (Å²) in [6.07, 6.45) is 10.8. The Morgan fingerprint density at radius 1 is 1.25 bits per heavy atom. The third-order valence-electron chi connectivity index (χ3n) is 3.12. The third-order valence-corrected chi connectivity index (χ3v) is 3.12. The van der Waals surface area contributed by atoms with Gasteiger partial charge in [-0.25, -0.2) is 0 Å². The van der Waals surface area contributed by atoms with Crippen molar-refractivity contribution in [2.24, 2.45) is 5.41 Å². The van der Waals surface area contributed by atoms with Gasteiger partial charge >= 0.3 is 0 Å². The summed E-state index contributed by atoms with van der Waals surface area (Å²) in [6.45, 7) is 4.26. The highest BCUT2D eigenvalue weighted by Gasteiger charge is 2.27. The second-order valence-electron chi connectivity index (χ2n) is 3.95. The van der Waals surface area contributed by atoms with Crippen molar-refractivity contribution < 1.29 is 5.11 Å². The van der Waals surface area contributed by atoms with E-state index in [2.05, 4.69) is 12.7 Å². The van der Waals surface area contributed by atoms with Crippen LogP contribution in [0.3, 0.4) is 0 Å². The van der Waals surface area contributed by atoms with Crippen LogP contribution < -0.4 is 0 Å². The molecule has 70 valence electrons. The van der Waals surface area contributed by atoms with Crippen molar-refractivity contribution in [1.29, 1.82) is 0 Å². The Labute approximate surface area is 75.5 Å². The Bertz CT molecular complexity index is 134. The standard InChI is InChI=1S/C11H20O/c1-2-11(9-6-10-12)7-4-3-5-8-11/h2,12H,1,3-10H2. The number of aliphatic hydroxyl groups is 1. The minimum atomic E-state index is 0.329. The van der Waals surface area contributed by atoms with Gasteiger partial charge in [0, 0.05) is 6.61 Å². The Hall–Kier alpha value is -0.300. The number of aliphatic hydroxyl groups excluding tert-OH is 1. The summed E-state index contributed by atoms with van der Waals surface area (Å²) in [6, 6.07) is 0. The number of hydrogen-bond acceptors (Lipinski definition) is 1. The van der Waals surface area contributed by atoms with Crippen LogP contribution in [-0.2, 0) is 0 Å². The third kappa shape index (κ3) is 2.34. The molecule has 0 atom stereocenters. The van der Waals surface area contributed by atoms with Crippen LogP contribution in [0.4, 0.5) is 0 Å². The topological polar surface area (TPSA) is 20.2 Å². The molecule has 1 aliphatic rings. The molecule has 1 heteroatoms. The van der Waals surface area contributed by atoms with Crippen LogP contribution in [0.1, 0.15) is 44.9 Å². The van der Waals surface area contributed by atoms with Crippen molar-refractivity contribution in [3.63, 3.8) is 0 Å². The number of rotatable bonds is 4. The summed E-state index contributed by atoms with van der Waals surface area (Å²) in [5, 5.41) is 8.77. The van der Waals surface area contributed by atoms with Gasteiger partial charge in [-0.3, -0.25) is 0 Å². The van der Waals surface area contributed by atoms with Crippen LogP contribution in [0.15, 0.2) is 12.7 Å². The average Bonchev–Trinajstić information content (AvgIpc) is 2.16. The van der Waals surface area contributed by atoms with Crippen molar-refractivity contribution in [3.8, 4) is 0 Å². The Morgan fingerprint density at radius 2 is 1.92 bits per heavy atom. The van der Waals surface area contributed by atoms with Gasteiger partial charge in [0.25, 0.3) is 0 Å². The van der Waals surface area contributed by atoms with Crippen molar-refractivity contribution in [3.05, 3.63) is 12.7 Å². The smallest absolute Gasteiger partial charge is 0.0431 e. The first-order valence-corrected chi connectivity index (χ1v) is 5.07. The molecule has 0 amide bonds. The maximum Gasteiger partial charge on any atom is 0.0431 e. The zero-order valence-electron chi connectivity index (χ0n) is 7.89. The Kier molecular flexibility index (Phi) is 3.80. The van der Waals surface area contributed by atoms with E-state index in [-0.39, 0.29) is 0 Å². The SMILES string of the molecule is C=CC1(CCCO)CCCCC1.